The van der Waals surface area contributed by atoms with Crippen molar-refractivity contribution in [1.82, 2.24) is 0 Å². The summed E-state index contributed by atoms with van der Waals surface area (Å²) in [5.41, 5.74) is 1.47. The highest BCUT2D eigenvalue weighted by atomic mass is 79.9. The maximum atomic E-state index is 12.8. The Hall–Kier alpha value is -2.79. The van der Waals surface area contributed by atoms with Crippen LogP contribution in [0.2, 0.25) is 5.02 Å². The molecule has 0 saturated heterocycles. The molecule has 0 N–H and O–H groups in total. The Bertz CT molecular complexity index is 1250. The molecular formula is C23H17BrClNO4S. The molecule has 0 spiro atoms. The summed E-state index contributed by atoms with van der Waals surface area (Å²) in [6, 6.07) is 20.1. The summed E-state index contributed by atoms with van der Waals surface area (Å²) in [6.45, 7) is 0.340. The molecule has 3 rings (SSSR count). The Morgan fingerprint density at radius 3 is 2.35 bits per heavy atom. The Morgan fingerprint density at radius 2 is 1.74 bits per heavy atom. The van der Waals surface area contributed by atoms with Gasteiger partial charge in [-0.25, -0.2) is 8.42 Å². The summed E-state index contributed by atoms with van der Waals surface area (Å²) in [5.74, 6) is 0.925. The number of halogens is 2. The average molecular weight is 519 g/mol. The van der Waals surface area contributed by atoms with Crippen LogP contribution in [0.4, 0.5) is 0 Å². The second-order valence-corrected chi connectivity index (χ2v) is 9.67. The van der Waals surface area contributed by atoms with Gasteiger partial charge in [0.1, 0.15) is 17.6 Å². The number of benzene rings is 3. The number of nitriles is 1. The van der Waals surface area contributed by atoms with Crippen molar-refractivity contribution < 1.29 is 17.9 Å². The van der Waals surface area contributed by atoms with Gasteiger partial charge in [-0.15, -0.1) is 0 Å². The predicted octanol–water partition coefficient (Wildman–Crippen LogP) is 6.03. The largest absolute Gasteiger partial charge is 0.493 e. The molecule has 5 nitrogen and oxygen atoms in total. The first-order valence-corrected chi connectivity index (χ1v) is 11.7. The summed E-state index contributed by atoms with van der Waals surface area (Å²) < 4.78 is 37.8. The fourth-order valence-corrected chi connectivity index (χ4v) is 4.25. The molecule has 8 heteroatoms. The third-order valence-electron chi connectivity index (χ3n) is 4.32. The molecule has 0 aliphatic heterocycles. The maximum Gasteiger partial charge on any atom is 0.216 e. The summed E-state index contributed by atoms with van der Waals surface area (Å²) in [7, 11) is -2.49. The van der Waals surface area contributed by atoms with E-state index in [2.05, 4.69) is 15.9 Å². The number of methoxy groups -OCH3 is 1. The van der Waals surface area contributed by atoms with E-state index in [4.69, 9.17) is 21.1 Å². The monoisotopic (exact) mass is 517 g/mol. The van der Waals surface area contributed by atoms with Gasteiger partial charge in [0.2, 0.25) is 9.84 Å². The van der Waals surface area contributed by atoms with Crippen LogP contribution < -0.4 is 9.47 Å². The Labute approximate surface area is 194 Å². The first kappa shape index (κ1) is 22.9. The van der Waals surface area contributed by atoms with Crippen molar-refractivity contribution in [1.29, 1.82) is 5.26 Å². The van der Waals surface area contributed by atoms with Crippen LogP contribution in [0.15, 0.2) is 81.0 Å². The molecule has 3 aromatic carbocycles. The van der Waals surface area contributed by atoms with Gasteiger partial charge in [-0.3, -0.25) is 0 Å². The standard InChI is InChI=1S/C23H17BrClNO4S/c1-29-23-13-17(4-11-22(23)30-15-16-2-5-18(24)6-3-16)12-21(14-26)31(27,28)20-9-7-19(25)8-10-20/h2-13H,15H2,1H3. The van der Waals surface area contributed by atoms with Gasteiger partial charge >= 0.3 is 0 Å². The summed E-state index contributed by atoms with van der Waals surface area (Å²) >= 11 is 9.21. The second-order valence-electron chi connectivity index (χ2n) is 6.40. The van der Waals surface area contributed by atoms with Crippen LogP contribution in [0.25, 0.3) is 6.08 Å². The molecule has 158 valence electrons. The third-order valence-corrected chi connectivity index (χ3v) is 6.78. The van der Waals surface area contributed by atoms with Gasteiger partial charge < -0.3 is 9.47 Å². The SMILES string of the molecule is COc1cc(C=C(C#N)S(=O)(=O)c2ccc(Cl)cc2)ccc1OCc1ccc(Br)cc1. The quantitative estimate of drug-likeness (QED) is 0.357. The van der Waals surface area contributed by atoms with Crippen LogP contribution in [0.1, 0.15) is 11.1 Å². The van der Waals surface area contributed by atoms with Crippen molar-refractivity contribution in [3.8, 4) is 17.6 Å². The van der Waals surface area contributed by atoms with E-state index in [0.29, 0.717) is 28.7 Å². The molecule has 0 atom stereocenters. The lowest BCUT2D eigenvalue weighted by Gasteiger charge is -2.12. The zero-order chi connectivity index (χ0) is 22.4. The predicted molar refractivity (Wildman–Crippen MR) is 124 cm³/mol. The molecule has 0 saturated carbocycles. The topological polar surface area (TPSA) is 76.4 Å². The fourth-order valence-electron chi connectivity index (χ4n) is 2.70. The Kier molecular flexibility index (Phi) is 7.39. The highest BCUT2D eigenvalue weighted by Crippen LogP contribution is 2.31. The molecule has 0 fully saturated rings. The number of sulfone groups is 1. The van der Waals surface area contributed by atoms with Gasteiger partial charge in [0.25, 0.3) is 0 Å². The van der Waals surface area contributed by atoms with Gasteiger partial charge in [-0.1, -0.05) is 45.7 Å². The van der Waals surface area contributed by atoms with E-state index in [-0.39, 0.29) is 9.80 Å². The average Bonchev–Trinajstić information content (AvgIpc) is 2.77. The van der Waals surface area contributed by atoms with Crippen LogP contribution in [-0.4, -0.2) is 15.5 Å². The first-order valence-electron chi connectivity index (χ1n) is 9.01. The van der Waals surface area contributed by atoms with Crippen LogP contribution >= 0.6 is 27.5 Å². The summed E-state index contributed by atoms with van der Waals surface area (Å²) in [4.78, 5) is -0.397. The molecule has 0 bridgehead atoms. The number of ether oxygens (including phenoxy) is 2. The molecule has 0 heterocycles. The van der Waals surface area contributed by atoms with Gasteiger partial charge in [-0.05, 0) is 65.7 Å². The molecule has 0 amide bonds. The lowest BCUT2D eigenvalue weighted by atomic mass is 10.2. The molecule has 31 heavy (non-hydrogen) atoms. The van der Waals surface area contributed by atoms with Crippen molar-refractivity contribution >= 4 is 43.4 Å². The normalized spacial score (nSPS) is 11.6. The summed E-state index contributed by atoms with van der Waals surface area (Å²) in [5, 5.41) is 9.87. The minimum Gasteiger partial charge on any atom is -0.493 e. The molecule has 0 aliphatic carbocycles. The van der Waals surface area contributed by atoms with Crippen molar-refractivity contribution in [2.45, 2.75) is 11.5 Å². The third kappa shape index (κ3) is 5.67. The van der Waals surface area contributed by atoms with Crippen molar-refractivity contribution in [2.24, 2.45) is 0 Å². The van der Waals surface area contributed by atoms with Crippen molar-refractivity contribution in [2.75, 3.05) is 7.11 Å². The highest BCUT2D eigenvalue weighted by Gasteiger charge is 2.21. The number of hydrogen-bond donors (Lipinski definition) is 0. The van der Waals surface area contributed by atoms with E-state index in [1.54, 1.807) is 24.3 Å². The molecular weight excluding hydrogens is 502 g/mol. The van der Waals surface area contributed by atoms with Crippen LogP contribution in [0, 0.1) is 11.3 Å². The van der Waals surface area contributed by atoms with Crippen LogP contribution in [0.5, 0.6) is 11.5 Å². The summed E-state index contributed by atoms with van der Waals surface area (Å²) in [6.07, 6.45) is 1.30. The fraction of sp³-hybridized carbons (Fsp3) is 0.0870. The van der Waals surface area contributed by atoms with Gasteiger partial charge in [0.05, 0.1) is 12.0 Å². The second kappa shape index (κ2) is 10.0. The van der Waals surface area contributed by atoms with Gasteiger partial charge in [0.15, 0.2) is 11.5 Å². The van der Waals surface area contributed by atoms with Gasteiger partial charge in [-0.2, -0.15) is 5.26 Å². The van der Waals surface area contributed by atoms with Crippen LogP contribution in [0.3, 0.4) is 0 Å². The van der Waals surface area contributed by atoms with Crippen molar-refractivity contribution in [3.05, 3.63) is 92.3 Å². The molecule has 0 radical (unpaired) electrons. The lowest BCUT2D eigenvalue weighted by Crippen LogP contribution is -2.03. The number of hydrogen-bond acceptors (Lipinski definition) is 5. The first-order chi connectivity index (χ1) is 14.8. The van der Waals surface area contributed by atoms with E-state index in [1.807, 2.05) is 24.3 Å². The van der Waals surface area contributed by atoms with E-state index in [1.165, 1.54) is 37.5 Å². The molecule has 0 aromatic heterocycles. The minimum absolute atomic E-state index is 0.00823. The number of nitrogens with zero attached hydrogens (tertiary/aromatic N) is 1. The number of rotatable bonds is 7. The maximum absolute atomic E-state index is 12.8. The van der Waals surface area contributed by atoms with E-state index in [9.17, 15) is 13.7 Å². The zero-order valence-electron chi connectivity index (χ0n) is 16.4. The van der Waals surface area contributed by atoms with E-state index in [0.717, 1.165) is 10.0 Å². The van der Waals surface area contributed by atoms with E-state index < -0.39 is 9.84 Å². The van der Waals surface area contributed by atoms with E-state index >= 15 is 0 Å². The Morgan fingerprint density at radius 1 is 1.06 bits per heavy atom. The zero-order valence-corrected chi connectivity index (χ0v) is 19.5. The highest BCUT2D eigenvalue weighted by molar-refractivity contribution is 9.10. The molecule has 0 unspecified atom stereocenters. The minimum atomic E-state index is -3.98. The van der Waals surface area contributed by atoms with Gasteiger partial charge in [0, 0.05) is 9.50 Å². The Balaban J connectivity index is 1.86. The van der Waals surface area contributed by atoms with Crippen molar-refractivity contribution in [3.63, 3.8) is 0 Å². The molecule has 0 aliphatic rings. The molecule has 3 aromatic rings. The number of allylic oxidation sites excluding steroid dienone is 1. The lowest BCUT2D eigenvalue weighted by molar-refractivity contribution is 0.284. The smallest absolute Gasteiger partial charge is 0.216 e. The van der Waals surface area contributed by atoms with Crippen LogP contribution in [-0.2, 0) is 16.4 Å².